The molecule has 6 N–H and O–H groups in total. The highest BCUT2D eigenvalue weighted by Gasteiger charge is 2.47. The van der Waals surface area contributed by atoms with Gasteiger partial charge in [-0.3, -0.25) is 9.69 Å². The Bertz CT molecular complexity index is 470. The van der Waals surface area contributed by atoms with Crippen LogP contribution in [0.5, 0.6) is 0 Å². The predicted octanol–water partition coefficient (Wildman–Crippen LogP) is -1.28. The molecule has 9 heteroatoms. The molecule has 0 aromatic carbocycles. The number of likely N-dealkylation sites (tertiary alicyclic amines) is 1. The minimum Gasteiger partial charge on any atom is -0.388 e. The minimum atomic E-state index is -1.35. The van der Waals surface area contributed by atoms with E-state index in [9.17, 15) is 20.1 Å². The van der Waals surface area contributed by atoms with Crippen LogP contribution in [0.2, 0.25) is 0 Å². The normalized spacial score (nSPS) is 39.7. The van der Waals surface area contributed by atoms with Crippen molar-refractivity contribution in [3.63, 3.8) is 0 Å². The number of aliphatic hydroxyl groups is 3. The van der Waals surface area contributed by atoms with Gasteiger partial charge in [-0.1, -0.05) is 13.3 Å². The summed E-state index contributed by atoms with van der Waals surface area (Å²) in [5.74, 6) is 0.366. The fourth-order valence-electron chi connectivity index (χ4n) is 3.98. The lowest BCUT2D eigenvalue weighted by molar-refractivity contribution is -0.204. The number of nitrogens with one attached hydrogen (secondary N) is 1. The number of carbonyl (C=O) groups is 1. The van der Waals surface area contributed by atoms with Gasteiger partial charge in [-0.15, -0.1) is 11.8 Å². The Balaban J connectivity index is 2.02. The smallest absolute Gasteiger partial charge is 0.237 e. The Hall–Kier alpha value is -0.420. The second kappa shape index (κ2) is 9.68. The van der Waals surface area contributed by atoms with Crippen molar-refractivity contribution in [2.45, 2.75) is 68.1 Å². The number of amides is 1. The summed E-state index contributed by atoms with van der Waals surface area (Å²) in [6, 6.07) is -0.874. The first-order valence-electron chi connectivity index (χ1n) is 9.27. The molecule has 2 heterocycles. The summed E-state index contributed by atoms with van der Waals surface area (Å²) < 4.78 is 5.73. The molecule has 2 rings (SSSR count). The van der Waals surface area contributed by atoms with E-state index >= 15 is 0 Å². The van der Waals surface area contributed by atoms with E-state index in [1.807, 2.05) is 11.9 Å². The van der Waals surface area contributed by atoms with Crippen molar-refractivity contribution in [1.29, 1.82) is 0 Å². The summed E-state index contributed by atoms with van der Waals surface area (Å²) in [6.45, 7) is 3.09. The van der Waals surface area contributed by atoms with Crippen molar-refractivity contribution in [3.8, 4) is 0 Å². The van der Waals surface area contributed by atoms with Crippen LogP contribution in [0.4, 0.5) is 0 Å². The molecule has 2 aliphatic heterocycles. The summed E-state index contributed by atoms with van der Waals surface area (Å²) in [4.78, 5) is 14.8. The van der Waals surface area contributed by atoms with E-state index in [0.29, 0.717) is 5.92 Å². The first-order valence-corrected chi connectivity index (χ1v) is 10.6. The molecule has 0 aromatic rings. The van der Waals surface area contributed by atoms with E-state index in [1.165, 1.54) is 11.8 Å². The molecule has 8 nitrogen and oxygen atoms in total. The van der Waals surface area contributed by atoms with Crippen LogP contribution in [0.15, 0.2) is 0 Å². The van der Waals surface area contributed by atoms with Crippen LogP contribution in [0, 0.1) is 5.92 Å². The lowest BCUT2D eigenvalue weighted by Gasteiger charge is -2.43. The summed E-state index contributed by atoms with van der Waals surface area (Å²) in [5.41, 5.74) is 5.13. The molecule has 26 heavy (non-hydrogen) atoms. The second-order valence-corrected chi connectivity index (χ2v) is 8.31. The average Bonchev–Trinajstić information content (AvgIpc) is 2.99. The molecular weight excluding hydrogens is 358 g/mol. The number of thioether (sulfide) groups is 1. The molecular formula is C17H33N3O5S. The maximum Gasteiger partial charge on any atom is 0.237 e. The van der Waals surface area contributed by atoms with Gasteiger partial charge in [0.2, 0.25) is 5.91 Å². The maximum atomic E-state index is 12.8. The number of hydrogen-bond donors (Lipinski definition) is 5. The quantitative estimate of drug-likeness (QED) is 0.363. The van der Waals surface area contributed by atoms with E-state index in [2.05, 4.69) is 12.2 Å². The lowest BCUT2D eigenvalue weighted by Crippen LogP contribution is -2.65. The molecule has 0 spiro atoms. The van der Waals surface area contributed by atoms with Gasteiger partial charge in [-0.05, 0) is 32.1 Å². The van der Waals surface area contributed by atoms with Crippen LogP contribution in [0.1, 0.15) is 26.2 Å². The van der Waals surface area contributed by atoms with Crippen LogP contribution >= 0.6 is 11.8 Å². The number of nitrogens with zero attached hydrogens (tertiary/aromatic N) is 1. The highest BCUT2D eigenvalue weighted by molar-refractivity contribution is 7.99. The molecule has 2 fully saturated rings. The van der Waals surface area contributed by atoms with Gasteiger partial charge in [0.15, 0.2) is 0 Å². The van der Waals surface area contributed by atoms with Crippen molar-refractivity contribution in [2.24, 2.45) is 11.7 Å². The average molecular weight is 392 g/mol. The van der Waals surface area contributed by atoms with Gasteiger partial charge in [-0.2, -0.15) is 0 Å². The van der Waals surface area contributed by atoms with Crippen LogP contribution in [0.3, 0.4) is 0 Å². The molecule has 152 valence electrons. The standard InChI is InChI=1S/C17H33N3O5S/c1-4-5-9-6-11(20(2)8-9)16(24)19-10(7-18)15-13(22)12(21)14(23)17(25-15)26-3/h9-15,17,21-23H,4-8,18H2,1-3H3,(H,19,24)/t9-,10?,11?,12?,13?,14?,15-,17?/m1/s1. The van der Waals surface area contributed by atoms with Crippen molar-refractivity contribution >= 4 is 17.7 Å². The molecule has 0 aliphatic carbocycles. The molecule has 2 aliphatic rings. The Morgan fingerprint density at radius 2 is 2.04 bits per heavy atom. The SMILES string of the molecule is CCC[C@@H]1CC(C(=O)NC(CN)[C@H]2OC(SC)C(O)C(O)C2O)N(C)C1. The van der Waals surface area contributed by atoms with E-state index in [-0.39, 0.29) is 18.5 Å². The van der Waals surface area contributed by atoms with Crippen LogP contribution in [-0.2, 0) is 9.53 Å². The van der Waals surface area contributed by atoms with E-state index < -0.39 is 35.9 Å². The van der Waals surface area contributed by atoms with Crippen molar-refractivity contribution < 1.29 is 24.9 Å². The predicted molar refractivity (Wildman–Crippen MR) is 101 cm³/mol. The largest absolute Gasteiger partial charge is 0.388 e. The first-order chi connectivity index (χ1) is 12.3. The monoisotopic (exact) mass is 391 g/mol. The van der Waals surface area contributed by atoms with Gasteiger partial charge in [0, 0.05) is 13.1 Å². The third-order valence-electron chi connectivity index (χ3n) is 5.45. The summed E-state index contributed by atoms with van der Waals surface area (Å²) in [5, 5.41) is 33.2. The van der Waals surface area contributed by atoms with Crippen molar-refractivity contribution in [3.05, 3.63) is 0 Å². The van der Waals surface area contributed by atoms with Crippen molar-refractivity contribution in [1.82, 2.24) is 10.2 Å². The Morgan fingerprint density at radius 1 is 1.35 bits per heavy atom. The van der Waals surface area contributed by atoms with Crippen molar-refractivity contribution in [2.75, 3.05) is 26.4 Å². The van der Waals surface area contributed by atoms with E-state index in [1.54, 1.807) is 6.26 Å². The molecule has 0 saturated carbocycles. The number of nitrogens with two attached hydrogens (primary N) is 1. The number of rotatable bonds is 7. The van der Waals surface area contributed by atoms with Gasteiger partial charge in [0.25, 0.3) is 0 Å². The zero-order valence-electron chi connectivity index (χ0n) is 15.7. The Kier molecular flexibility index (Phi) is 8.14. The highest BCUT2D eigenvalue weighted by atomic mass is 32.2. The van der Waals surface area contributed by atoms with Gasteiger partial charge >= 0.3 is 0 Å². The topological polar surface area (TPSA) is 128 Å². The molecule has 0 radical (unpaired) electrons. The van der Waals surface area contributed by atoms with Gasteiger partial charge < -0.3 is 31.1 Å². The second-order valence-electron chi connectivity index (χ2n) is 7.37. The van der Waals surface area contributed by atoms with Gasteiger partial charge in [0.1, 0.15) is 29.9 Å². The number of likely N-dealkylation sites (N-methyl/N-ethyl adjacent to an activating group) is 1. The van der Waals surface area contributed by atoms with Crippen LogP contribution in [-0.4, -0.2) is 94.5 Å². The number of hydrogen-bond acceptors (Lipinski definition) is 8. The summed E-state index contributed by atoms with van der Waals surface area (Å²) in [7, 11) is 1.94. The third-order valence-corrected chi connectivity index (χ3v) is 6.31. The third kappa shape index (κ3) is 4.70. The molecule has 0 bridgehead atoms. The first kappa shape index (κ1) is 21.9. The number of aliphatic hydroxyl groups excluding tert-OH is 3. The molecule has 2 saturated heterocycles. The Labute approximate surface area is 159 Å². The maximum absolute atomic E-state index is 12.8. The summed E-state index contributed by atoms with van der Waals surface area (Å²) >= 11 is 1.24. The van der Waals surface area contributed by atoms with Crippen LogP contribution in [0.25, 0.3) is 0 Å². The summed E-state index contributed by atoms with van der Waals surface area (Å²) in [6.07, 6.45) is -0.00582. The lowest BCUT2D eigenvalue weighted by atomic mass is 9.94. The molecule has 8 atom stereocenters. The Morgan fingerprint density at radius 3 is 2.62 bits per heavy atom. The zero-order valence-corrected chi connectivity index (χ0v) is 16.6. The molecule has 6 unspecified atom stereocenters. The van der Waals surface area contributed by atoms with Gasteiger partial charge in [-0.25, -0.2) is 0 Å². The van der Waals surface area contributed by atoms with Gasteiger partial charge in [0.05, 0.1) is 12.1 Å². The zero-order chi connectivity index (χ0) is 19.4. The van der Waals surface area contributed by atoms with Crippen LogP contribution < -0.4 is 11.1 Å². The van der Waals surface area contributed by atoms with E-state index in [0.717, 1.165) is 25.8 Å². The highest BCUT2D eigenvalue weighted by Crippen LogP contribution is 2.29. The number of ether oxygens (including phenoxy) is 1. The fourth-order valence-corrected chi connectivity index (χ4v) is 4.66. The number of carbonyl (C=O) groups excluding carboxylic acids is 1. The fraction of sp³-hybridized carbons (Fsp3) is 0.941. The minimum absolute atomic E-state index is 0.0617. The molecule has 1 amide bonds. The van der Waals surface area contributed by atoms with E-state index in [4.69, 9.17) is 10.5 Å². The molecule has 0 aromatic heterocycles.